The number of ether oxygens (including phenoxy) is 1. The normalized spacial score (nSPS) is 21.9. The van der Waals surface area contributed by atoms with E-state index in [1.165, 1.54) is 0 Å². The van der Waals surface area contributed by atoms with Crippen LogP contribution in [-0.4, -0.2) is 43.7 Å². The molecule has 1 heterocycles. The van der Waals surface area contributed by atoms with Crippen molar-refractivity contribution < 1.29 is 9.53 Å². The molecule has 1 fully saturated rings. The average Bonchev–Trinajstić information content (AvgIpc) is 2.04. The molecule has 0 atom stereocenters. The van der Waals surface area contributed by atoms with Gasteiger partial charge in [-0.3, -0.25) is 4.79 Å². The number of carbonyl (C=O) groups excluding carboxylic acids is 1. The van der Waals surface area contributed by atoms with Gasteiger partial charge in [-0.2, -0.15) is 0 Å². The third-order valence-electron chi connectivity index (χ3n) is 2.22. The molecule has 0 aromatic rings. The molecule has 0 saturated carbocycles. The van der Waals surface area contributed by atoms with Gasteiger partial charge in [0.15, 0.2) is 0 Å². The number of hydrogen-bond donors (Lipinski definition) is 1. The lowest BCUT2D eigenvalue weighted by atomic mass is 9.90. The fourth-order valence-electron chi connectivity index (χ4n) is 1.39. The number of carbonyl (C=O) groups is 1. The molecular weight excluding hydrogens is 156 g/mol. The minimum atomic E-state index is -0.679. The number of nitrogens with zero attached hydrogens (tertiary/aromatic N) is 1. The first-order valence-corrected chi connectivity index (χ1v) is 4.15. The summed E-state index contributed by atoms with van der Waals surface area (Å²) in [4.78, 5) is 13.1. The zero-order valence-corrected chi connectivity index (χ0v) is 7.67. The van der Waals surface area contributed by atoms with Gasteiger partial charge in [0.2, 0.25) is 5.91 Å². The lowest BCUT2D eigenvalue weighted by molar-refractivity contribution is -0.137. The Morgan fingerprint density at radius 1 is 1.42 bits per heavy atom. The van der Waals surface area contributed by atoms with E-state index in [-0.39, 0.29) is 5.91 Å². The molecule has 1 aliphatic rings. The van der Waals surface area contributed by atoms with Crippen molar-refractivity contribution in [2.24, 2.45) is 5.73 Å². The van der Waals surface area contributed by atoms with E-state index < -0.39 is 5.54 Å². The van der Waals surface area contributed by atoms with Gasteiger partial charge in [0, 0.05) is 27.3 Å². The number of nitrogens with two attached hydrogens (primary N) is 1. The van der Waals surface area contributed by atoms with Crippen LogP contribution in [0.2, 0.25) is 0 Å². The molecule has 0 aromatic carbocycles. The summed E-state index contributed by atoms with van der Waals surface area (Å²) in [5.74, 6) is 0.00537. The first kappa shape index (κ1) is 9.48. The zero-order chi connectivity index (χ0) is 9.19. The van der Waals surface area contributed by atoms with E-state index in [4.69, 9.17) is 10.5 Å². The van der Waals surface area contributed by atoms with Gasteiger partial charge in [-0.25, -0.2) is 0 Å². The summed E-state index contributed by atoms with van der Waals surface area (Å²) in [5, 5.41) is 0. The van der Waals surface area contributed by atoms with Gasteiger partial charge in [0.25, 0.3) is 0 Å². The van der Waals surface area contributed by atoms with E-state index in [2.05, 4.69) is 0 Å². The minimum Gasteiger partial charge on any atom is -0.381 e. The van der Waals surface area contributed by atoms with Crippen LogP contribution in [-0.2, 0) is 9.53 Å². The van der Waals surface area contributed by atoms with E-state index in [0.29, 0.717) is 26.1 Å². The molecule has 4 heteroatoms. The quantitative estimate of drug-likeness (QED) is 0.584. The van der Waals surface area contributed by atoms with E-state index in [1.54, 1.807) is 19.0 Å². The fraction of sp³-hybridized carbons (Fsp3) is 0.875. The van der Waals surface area contributed by atoms with Crippen molar-refractivity contribution in [3.05, 3.63) is 0 Å². The summed E-state index contributed by atoms with van der Waals surface area (Å²) < 4.78 is 5.14. The standard InChI is InChI=1S/C8H16N2O2/c1-10(2)7(11)8(9)3-5-12-6-4-8/h3-6,9H2,1-2H3. The van der Waals surface area contributed by atoms with Crippen molar-refractivity contribution >= 4 is 5.91 Å². The van der Waals surface area contributed by atoms with Crippen molar-refractivity contribution in [3.8, 4) is 0 Å². The maximum atomic E-state index is 11.6. The van der Waals surface area contributed by atoms with Crippen LogP contribution in [0.3, 0.4) is 0 Å². The molecule has 70 valence electrons. The highest BCUT2D eigenvalue weighted by atomic mass is 16.5. The molecule has 0 radical (unpaired) electrons. The Balaban J connectivity index is 2.62. The van der Waals surface area contributed by atoms with Crippen molar-refractivity contribution in [2.75, 3.05) is 27.3 Å². The Morgan fingerprint density at radius 2 is 1.92 bits per heavy atom. The van der Waals surface area contributed by atoms with Gasteiger partial charge in [0.05, 0.1) is 5.54 Å². The molecule has 4 nitrogen and oxygen atoms in total. The molecular formula is C8H16N2O2. The highest BCUT2D eigenvalue weighted by molar-refractivity contribution is 5.85. The molecule has 1 rings (SSSR count). The van der Waals surface area contributed by atoms with Crippen LogP contribution in [0.15, 0.2) is 0 Å². The van der Waals surface area contributed by atoms with Crippen LogP contribution in [0.4, 0.5) is 0 Å². The molecule has 1 amide bonds. The molecule has 0 unspecified atom stereocenters. The predicted molar refractivity (Wildman–Crippen MR) is 45.7 cm³/mol. The number of likely N-dealkylation sites (N-methyl/N-ethyl adjacent to an activating group) is 1. The summed E-state index contributed by atoms with van der Waals surface area (Å²) in [6.45, 7) is 1.19. The second-order valence-electron chi connectivity index (χ2n) is 3.47. The second kappa shape index (κ2) is 3.41. The third-order valence-corrected chi connectivity index (χ3v) is 2.22. The van der Waals surface area contributed by atoms with E-state index in [1.807, 2.05) is 0 Å². The highest BCUT2D eigenvalue weighted by Gasteiger charge is 2.36. The van der Waals surface area contributed by atoms with Crippen LogP contribution in [0.5, 0.6) is 0 Å². The molecule has 1 aliphatic heterocycles. The maximum absolute atomic E-state index is 11.6. The van der Waals surface area contributed by atoms with Crippen molar-refractivity contribution in [3.63, 3.8) is 0 Å². The lowest BCUT2D eigenvalue weighted by Crippen LogP contribution is -2.56. The Morgan fingerprint density at radius 3 is 2.33 bits per heavy atom. The summed E-state index contributed by atoms with van der Waals surface area (Å²) in [6.07, 6.45) is 1.26. The highest BCUT2D eigenvalue weighted by Crippen LogP contribution is 2.19. The monoisotopic (exact) mass is 172 g/mol. The first-order chi connectivity index (χ1) is 5.56. The Labute approximate surface area is 72.7 Å². The summed E-state index contributed by atoms with van der Waals surface area (Å²) in [7, 11) is 3.46. The van der Waals surface area contributed by atoms with Crippen molar-refractivity contribution in [2.45, 2.75) is 18.4 Å². The van der Waals surface area contributed by atoms with Crippen molar-refractivity contribution in [1.82, 2.24) is 4.90 Å². The van der Waals surface area contributed by atoms with Gasteiger partial charge >= 0.3 is 0 Å². The molecule has 12 heavy (non-hydrogen) atoms. The number of rotatable bonds is 1. The van der Waals surface area contributed by atoms with Gasteiger partial charge in [0.1, 0.15) is 0 Å². The molecule has 1 saturated heterocycles. The minimum absolute atomic E-state index is 0.00537. The molecule has 2 N–H and O–H groups in total. The maximum Gasteiger partial charge on any atom is 0.242 e. The molecule has 0 aromatic heterocycles. The van der Waals surface area contributed by atoms with Crippen LogP contribution < -0.4 is 5.73 Å². The van der Waals surface area contributed by atoms with Gasteiger partial charge in [-0.15, -0.1) is 0 Å². The SMILES string of the molecule is CN(C)C(=O)C1(N)CCOCC1. The Kier molecular flexibility index (Phi) is 2.69. The molecule has 0 aliphatic carbocycles. The summed E-state index contributed by atoms with van der Waals surface area (Å²) in [6, 6.07) is 0. The fourth-order valence-corrected chi connectivity index (χ4v) is 1.39. The van der Waals surface area contributed by atoms with E-state index >= 15 is 0 Å². The van der Waals surface area contributed by atoms with Crippen LogP contribution >= 0.6 is 0 Å². The van der Waals surface area contributed by atoms with Gasteiger partial charge in [-0.1, -0.05) is 0 Å². The Bertz CT molecular complexity index is 174. The lowest BCUT2D eigenvalue weighted by Gasteiger charge is -2.33. The largest absolute Gasteiger partial charge is 0.381 e. The van der Waals surface area contributed by atoms with Crippen molar-refractivity contribution in [1.29, 1.82) is 0 Å². The average molecular weight is 172 g/mol. The third kappa shape index (κ3) is 1.76. The van der Waals surface area contributed by atoms with Crippen LogP contribution in [0.1, 0.15) is 12.8 Å². The summed E-state index contributed by atoms with van der Waals surface area (Å²) >= 11 is 0. The number of amides is 1. The molecule has 0 spiro atoms. The topological polar surface area (TPSA) is 55.6 Å². The zero-order valence-electron chi connectivity index (χ0n) is 7.67. The van der Waals surface area contributed by atoms with Crippen LogP contribution in [0, 0.1) is 0 Å². The first-order valence-electron chi connectivity index (χ1n) is 4.15. The van der Waals surface area contributed by atoms with E-state index in [9.17, 15) is 4.79 Å². The molecule has 0 bridgehead atoms. The van der Waals surface area contributed by atoms with Crippen LogP contribution in [0.25, 0.3) is 0 Å². The Hall–Kier alpha value is -0.610. The second-order valence-corrected chi connectivity index (χ2v) is 3.47. The smallest absolute Gasteiger partial charge is 0.242 e. The summed E-state index contributed by atoms with van der Waals surface area (Å²) in [5.41, 5.74) is 5.25. The van der Waals surface area contributed by atoms with Gasteiger partial charge in [-0.05, 0) is 12.8 Å². The predicted octanol–water partition coefficient (Wildman–Crippen LogP) is -0.417. The van der Waals surface area contributed by atoms with Gasteiger partial charge < -0.3 is 15.4 Å². The van der Waals surface area contributed by atoms with E-state index in [0.717, 1.165) is 0 Å². The number of hydrogen-bond acceptors (Lipinski definition) is 3.